The van der Waals surface area contributed by atoms with Crippen molar-refractivity contribution in [3.8, 4) is 17.2 Å². The number of rotatable bonds is 5. The molecule has 1 aliphatic rings. The van der Waals surface area contributed by atoms with E-state index in [9.17, 15) is 5.11 Å². The van der Waals surface area contributed by atoms with Gasteiger partial charge in [0.2, 0.25) is 5.75 Å². The third-order valence-corrected chi connectivity index (χ3v) is 3.73. The van der Waals surface area contributed by atoms with Crippen LogP contribution in [0.25, 0.3) is 0 Å². The summed E-state index contributed by atoms with van der Waals surface area (Å²) in [7, 11) is 4.72. The molecule has 1 aromatic rings. The van der Waals surface area contributed by atoms with E-state index in [1.54, 1.807) is 21.3 Å². The van der Waals surface area contributed by atoms with Crippen molar-refractivity contribution in [2.24, 2.45) is 5.92 Å². The predicted molar refractivity (Wildman–Crippen MR) is 77.5 cm³/mol. The molecular weight excluding hydrogens is 256 g/mol. The molecule has 0 amide bonds. The number of aliphatic hydroxyl groups excluding tert-OH is 1. The van der Waals surface area contributed by atoms with E-state index in [1.807, 2.05) is 12.1 Å². The zero-order chi connectivity index (χ0) is 14.5. The standard InChI is InChI=1S/C16H22O4/c1-18-13-9-12(10-14(19-2)16(13)20-3)15(17)11-7-5-4-6-8-11/h5,7,9-11,15,17H,4,6,8H2,1-3H3/t11-,15-/m0/s1. The highest BCUT2D eigenvalue weighted by molar-refractivity contribution is 5.54. The Bertz CT molecular complexity index is 456. The quantitative estimate of drug-likeness (QED) is 0.841. The van der Waals surface area contributed by atoms with Crippen LogP contribution < -0.4 is 14.2 Å². The Kier molecular flexibility index (Phi) is 4.90. The fourth-order valence-corrected chi connectivity index (χ4v) is 2.62. The lowest BCUT2D eigenvalue weighted by atomic mass is 9.87. The molecule has 0 unspecified atom stereocenters. The van der Waals surface area contributed by atoms with Crippen LogP contribution in [0.1, 0.15) is 30.9 Å². The van der Waals surface area contributed by atoms with Gasteiger partial charge in [0.1, 0.15) is 0 Å². The summed E-state index contributed by atoms with van der Waals surface area (Å²) in [6.07, 6.45) is 6.88. The van der Waals surface area contributed by atoms with E-state index in [4.69, 9.17) is 14.2 Å². The lowest BCUT2D eigenvalue weighted by Crippen LogP contribution is -2.13. The molecule has 0 fully saturated rings. The van der Waals surface area contributed by atoms with Crippen LogP contribution in [0, 0.1) is 5.92 Å². The van der Waals surface area contributed by atoms with E-state index >= 15 is 0 Å². The van der Waals surface area contributed by atoms with Crippen molar-refractivity contribution in [2.75, 3.05) is 21.3 Å². The number of ether oxygens (including phenoxy) is 3. The van der Waals surface area contributed by atoms with Crippen LogP contribution in [0.2, 0.25) is 0 Å². The van der Waals surface area contributed by atoms with Crippen LogP contribution in [0.5, 0.6) is 17.2 Å². The summed E-state index contributed by atoms with van der Waals surface area (Å²) in [5.41, 5.74) is 0.788. The van der Waals surface area contributed by atoms with E-state index in [0.29, 0.717) is 17.2 Å². The number of allylic oxidation sites excluding steroid dienone is 1. The van der Waals surface area contributed by atoms with Gasteiger partial charge in [-0.25, -0.2) is 0 Å². The van der Waals surface area contributed by atoms with Crippen LogP contribution in [0.4, 0.5) is 0 Å². The monoisotopic (exact) mass is 278 g/mol. The van der Waals surface area contributed by atoms with Gasteiger partial charge in [0, 0.05) is 5.92 Å². The molecule has 0 heterocycles. The van der Waals surface area contributed by atoms with E-state index in [1.165, 1.54) is 0 Å². The summed E-state index contributed by atoms with van der Waals surface area (Å²) in [4.78, 5) is 0. The summed E-state index contributed by atoms with van der Waals surface area (Å²) in [6, 6.07) is 3.63. The topological polar surface area (TPSA) is 47.9 Å². The van der Waals surface area contributed by atoms with Crippen molar-refractivity contribution in [2.45, 2.75) is 25.4 Å². The normalized spacial score (nSPS) is 19.5. The molecule has 4 nitrogen and oxygen atoms in total. The van der Waals surface area contributed by atoms with Gasteiger partial charge in [0.25, 0.3) is 0 Å². The maximum Gasteiger partial charge on any atom is 0.203 e. The van der Waals surface area contributed by atoms with Crippen molar-refractivity contribution in [3.63, 3.8) is 0 Å². The Labute approximate surface area is 120 Å². The molecule has 1 aliphatic carbocycles. The number of methoxy groups -OCH3 is 3. The number of hydrogen-bond acceptors (Lipinski definition) is 4. The second-order valence-electron chi connectivity index (χ2n) is 4.93. The van der Waals surface area contributed by atoms with Gasteiger partial charge in [-0.05, 0) is 37.0 Å². The van der Waals surface area contributed by atoms with Gasteiger partial charge in [-0.1, -0.05) is 12.2 Å². The third kappa shape index (κ3) is 2.90. The lowest BCUT2D eigenvalue weighted by Gasteiger charge is -2.24. The van der Waals surface area contributed by atoms with Gasteiger partial charge in [-0.3, -0.25) is 0 Å². The van der Waals surface area contributed by atoms with Crippen LogP contribution in [0.3, 0.4) is 0 Å². The number of benzene rings is 1. The van der Waals surface area contributed by atoms with Crippen LogP contribution >= 0.6 is 0 Å². The minimum Gasteiger partial charge on any atom is -0.493 e. The van der Waals surface area contributed by atoms with Crippen molar-refractivity contribution >= 4 is 0 Å². The minimum atomic E-state index is -0.555. The molecule has 110 valence electrons. The van der Waals surface area contributed by atoms with E-state index < -0.39 is 6.10 Å². The van der Waals surface area contributed by atoms with E-state index in [-0.39, 0.29) is 5.92 Å². The van der Waals surface area contributed by atoms with Gasteiger partial charge in [0.15, 0.2) is 11.5 Å². The highest BCUT2D eigenvalue weighted by Gasteiger charge is 2.23. The van der Waals surface area contributed by atoms with Gasteiger partial charge < -0.3 is 19.3 Å². The zero-order valence-electron chi connectivity index (χ0n) is 12.3. The maximum atomic E-state index is 10.5. The first kappa shape index (κ1) is 14.7. The molecule has 0 bridgehead atoms. The highest BCUT2D eigenvalue weighted by Crippen LogP contribution is 2.41. The Morgan fingerprint density at radius 1 is 1.10 bits per heavy atom. The predicted octanol–water partition coefficient (Wildman–Crippen LogP) is 3.10. The van der Waals surface area contributed by atoms with Crippen LogP contribution in [-0.2, 0) is 0 Å². The molecule has 1 aromatic carbocycles. The number of hydrogen-bond donors (Lipinski definition) is 1. The molecule has 1 N–H and O–H groups in total. The van der Waals surface area contributed by atoms with Crippen molar-refractivity contribution in [3.05, 3.63) is 29.8 Å². The summed E-state index contributed by atoms with van der Waals surface area (Å²) >= 11 is 0. The molecule has 0 spiro atoms. The van der Waals surface area contributed by atoms with Crippen LogP contribution in [-0.4, -0.2) is 26.4 Å². The molecule has 2 atom stereocenters. The largest absolute Gasteiger partial charge is 0.493 e. The average molecular weight is 278 g/mol. The van der Waals surface area contributed by atoms with Gasteiger partial charge in [0.05, 0.1) is 27.4 Å². The molecule has 2 rings (SSSR count). The van der Waals surface area contributed by atoms with E-state index in [0.717, 1.165) is 24.8 Å². The highest BCUT2D eigenvalue weighted by atomic mass is 16.5. The minimum absolute atomic E-state index is 0.145. The first-order chi connectivity index (χ1) is 9.71. The zero-order valence-corrected chi connectivity index (χ0v) is 12.3. The van der Waals surface area contributed by atoms with Gasteiger partial charge >= 0.3 is 0 Å². The first-order valence-electron chi connectivity index (χ1n) is 6.86. The van der Waals surface area contributed by atoms with Crippen molar-refractivity contribution in [1.29, 1.82) is 0 Å². The second kappa shape index (κ2) is 6.66. The smallest absolute Gasteiger partial charge is 0.203 e. The summed E-state index contributed by atoms with van der Waals surface area (Å²) < 4.78 is 15.9. The maximum absolute atomic E-state index is 10.5. The first-order valence-corrected chi connectivity index (χ1v) is 6.86. The molecule has 4 heteroatoms. The molecule has 20 heavy (non-hydrogen) atoms. The average Bonchev–Trinajstić information content (AvgIpc) is 2.53. The Morgan fingerprint density at radius 3 is 2.20 bits per heavy atom. The molecule has 0 radical (unpaired) electrons. The molecular formula is C16H22O4. The van der Waals surface area contributed by atoms with Gasteiger partial charge in [-0.2, -0.15) is 0 Å². The van der Waals surface area contributed by atoms with E-state index in [2.05, 4.69) is 12.2 Å². The molecule has 0 aromatic heterocycles. The Balaban J connectivity index is 2.35. The Morgan fingerprint density at radius 2 is 1.75 bits per heavy atom. The Hall–Kier alpha value is -1.68. The fourth-order valence-electron chi connectivity index (χ4n) is 2.62. The second-order valence-corrected chi connectivity index (χ2v) is 4.93. The van der Waals surface area contributed by atoms with Crippen LogP contribution in [0.15, 0.2) is 24.3 Å². The third-order valence-electron chi connectivity index (χ3n) is 3.73. The van der Waals surface area contributed by atoms with Crippen molar-refractivity contribution < 1.29 is 19.3 Å². The molecule has 0 saturated carbocycles. The van der Waals surface area contributed by atoms with Crippen molar-refractivity contribution in [1.82, 2.24) is 0 Å². The fraction of sp³-hybridized carbons (Fsp3) is 0.500. The number of aliphatic hydroxyl groups is 1. The van der Waals surface area contributed by atoms with Gasteiger partial charge in [-0.15, -0.1) is 0 Å². The summed E-state index contributed by atoms with van der Waals surface area (Å²) in [5, 5.41) is 10.5. The molecule has 0 saturated heterocycles. The lowest BCUT2D eigenvalue weighted by molar-refractivity contribution is 0.123. The summed E-state index contributed by atoms with van der Waals surface area (Å²) in [6.45, 7) is 0. The summed E-state index contributed by atoms with van der Waals surface area (Å²) in [5.74, 6) is 1.83. The SMILES string of the molecule is COc1cc([C@@H](O)[C@H]2C=CCCC2)cc(OC)c1OC. The molecule has 0 aliphatic heterocycles.